The van der Waals surface area contributed by atoms with Gasteiger partial charge in [-0.25, -0.2) is 0 Å². The number of carbonyl (C=O) groups is 1. The lowest BCUT2D eigenvalue weighted by atomic mass is 10.1. The summed E-state index contributed by atoms with van der Waals surface area (Å²) in [5.74, 6) is 0.859. The maximum Gasteiger partial charge on any atom is 0.240 e. The predicted octanol–water partition coefficient (Wildman–Crippen LogP) is 3.79. The van der Waals surface area contributed by atoms with E-state index in [1.165, 1.54) is 5.56 Å². The lowest BCUT2D eigenvalue weighted by Crippen LogP contribution is -2.35. The Morgan fingerprint density at radius 2 is 1.96 bits per heavy atom. The largest absolute Gasteiger partial charge is 0.497 e. The van der Waals surface area contributed by atoms with Crippen LogP contribution in [-0.2, 0) is 17.8 Å². The van der Waals surface area contributed by atoms with Gasteiger partial charge in [0.2, 0.25) is 5.91 Å². The minimum atomic E-state index is 0.0360. The van der Waals surface area contributed by atoms with E-state index in [9.17, 15) is 4.79 Å². The summed E-state index contributed by atoms with van der Waals surface area (Å²) in [5, 5.41) is 4.16. The number of benzene rings is 2. The molecule has 0 radical (unpaired) electrons. The van der Waals surface area contributed by atoms with Gasteiger partial charge in [-0.3, -0.25) is 4.79 Å². The molecule has 2 aromatic carbocycles. The van der Waals surface area contributed by atoms with Gasteiger partial charge in [-0.2, -0.15) is 0 Å². The van der Waals surface area contributed by atoms with E-state index in [1.54, 1.807) is 7.11 Å². The van der Waals surface area contributed by atoms with Crippen molar-refractivity contribution in [2.24, 2.45) is 0 Å². The van der Waals surface area contributed by atoms with Crippen LogP contribution in [0.4, 0.5) is 0 Å². The van der Waals surface area contributed by atoms with Crippen molar-refractivity contribution >= 4 is 16.8 Å². The molecule has 0 saturated carbocycles. The van der Waals surface area contributed by atoms with E-state index in [2.05, 4.69) is 24.4 Å². The number of carbonyl (C=O) groups excluding carboxylic acids is 1. The highest BCUT2D eigenvalue weighted by atomic mass is 16.5. The molecule has 3 rings (SSSR count). The average Bonchev–Trinajstić information content (AvgIpc) is 3.02. The number of fused-ring (bicyclic) bond motifs is 1. The molecular formula is C21H24N2O2. The van der Waals surface area contributed by atoms with Gasteiger partial charge in [-0.1, -0.05) is 30.3 Å². The smallest absolute Gasteiger partial charge is 0.240 e. The third-order valence-electron chi connectivity index (χ3n) is 4.41. The molecule has 0 unspecified atom stereocenters. The van der Waals surface area contributed by atoms with Crippen LogP contribution in [0.3, 0.4) is 0 Å². The van der Waals surface area contributed by atoms with Gasteiger partial charge in [0.25, 0.3) is 0 Å². The van der Waals surface area contributed by atoms with Gasteiger partial charge < -0.3 is 14.6 Å². The highest BCUT2D eigenvalue weighted by molar-refractivity contribution is 5.84. The molecule has 0 aliphatic heterocycles. The Hall–Kier alpha value is -2.75. The molecule has 1 heterocycles. The Morgan fingerprint density at radius 1 is 1.16 bits per heavy atom. The molecular weight excluding hydrogens is 312 g/mol. The van der Waals surface area contributed by atoms with Gasteiger partial charge >= 0.3 is 0 Å². The van der Waals surface area contributed by atoms with Gasteiger partial charge in [0.05, 0.1) is 7.11 Å². The van der Waals surface area contributed by atoms with Crippen molar-refractivity contribution in [1.29, 1.82) is 0 Å². The van der Waals surface area contributed by atoms with E-state index in [0.717, 1.165) is 29.5 Å². The molecule has 4 heteroatoms. The molecule has 0 fully saturated rings. The molecule has 1 atom stereocenters. The number of nitrogens with one attached hydrogen (secondary N) is 1. The monoisotopic (exact) mass is 336 g/mol. The normalized spacial score (nSPS) is 12.1. The fourth-order valence-electron chi connectivity index (χ4n) is 3.02. The second-order valence-electron chi connectivity index (χ2n) is 6.36. The summed E-state index contributed by atoms with van der Waals surface area (Å²) < 4.78 is 7.21. The fourth-order valence-corrected chi connectivity index (χ4v) is 3.02. The van der Waals surface area contributed by atoms with Gasteiger partial charge in [-0.05, 0) is 49.6 Å². The van der Waals surface area contributed by atoms with E-state index >= 15 is 0 Å². The van der Waals surface area contributed by atoms with Crippen LogP contribution in [0.1, 0.15) is 18.9 Å². The topological polar surface area (TPSA) is 43.3 Å². The first-order valence-corrected chi connectivity index (χ1v) is 8.62. The molecule has 1 amide bonds. The Morgan fingerprint density at radius 3 is 2.72 bits per heavy atom. The van der Waals surface area contributed by atoms with Crippen molar-refractivity contribution in [3.63, 3.8) is 0 Å². The third-order valence-corrected chi connectivity index (χ3v) is 4.41. The van der Waals surface area contributed by atoms with E-state index < -0.39 is 0 Å². The zero-order valence-electron chi connectivity index (χ0n) is 14.7. The highest BCUT2D eigenvalue weighted by Crippen LogP contribution is 2.21. The molecule has 4 nitrogen and oxygen atoms in total. The molecule has 0 bridgehead atoms. The van der Waals surface area contributed by atoms with E-state index in [-0.39, 0.29) is 11.9 Å². The molecule has 1 aromatic heterocycles. The van der Waals surface area contributed by atoms with Crippen molar-refractivity contribution < 1.29 is 9.53 Å². The maximum atomic E-state index is 12.3. The van der Waals surface area contributed by atoms with E-state index in [4.69, 9.17) is 4.74 Å². The second kappa shape index (κ2) is 7.88. The SMILES string of the molecule is COc1ccc2c(ccn2CC(=O)N[C@@H](C)CCc2ccccc2)c1. The number of nitrogens with zero attached hydrogens (tertiary/aromatic N) is 1. The average molecular weight is 336 g/mol. The summed E-state index contributed by atoms with van der Waals surface area (Å²) in [5.41, 5.74) is 2.34. The summed E-state index contributed by atoms with van der Waals surface area (Å²) in [6, 6.07) is 18.4. The molecule has 0 aliphatic rings. The predicted molar refractivity (Wildman–Crippen MR) is 101 cm³/mol. The Labute approximate surface area is 148 Å². The van der Waals surface area contributed by atoms with Crippen LogP contribution in [0, 0.1) is 0 Å². The van der Waals surface area contributed by atoms with Crippen LogP contribution in [0.15, 0.2) is 60.8 Å². The zero-order chi connectivity index (χ0) is 17.6. The fraction of sp³-hybridized carbons (Fsp3) is 0.286. The number of hydrogen-bond donors (Lipinski definition) is 1. The summed E-state index contributed by atoms with van der Waals surface area (Å²) >= 11 is 0. The van der Waals surface area contributed by atoms with Crippen LogP contribution in [0.2, 0.25) is 0 Å². The van der Waals surface area contributed by atoms with Crippen molar-refractivity contribution in [2.45, 2.75) is 32.4 Å². The molecule has 130 valence electrons. The number of methoxy groups -OCH3 is 1. The quantitative estimate of drug-likeness (QED) is 0.713. The van der Waals surface area contributed by atoms with Crippen molar-refractivity contribution in [1.82, 2.24) is 9.88 Å². The minimum absolute atomic E-state index is 0.0360. The third kappa shape index (κ3) is 4.41. The summed E-state index contributed by atoms with van der Waals surface area (Å²) in [4.78, 5) is 12.3. The number of hydrogen-bond acceptors (Lipinski definition) is 2. The summed E-state index contributed by atoms with van der Waals surface area (Å²) in [7, 11) is 1.66. The van der Waals surface area contributed by atoms with Crippen molar-refractivity contribution in [3.8, 4) is 5.75 Å². The standard InChI is InChI=1S/C21H24N2O2/c1-16(8-9-17-6-4-3-5-7-17)22-21(24)15-23-13-12-18-14-19(25-2)10-11-20(18)23/h3-7,10-14,16H,8-9,15H2,1-2H3,(H,22,24)/t16-/m0/s1. The van der Waals surface area contributed by atoms with Gasteiger partial charge in [-0.15, -0.1) is 0 Å². The van der Waals surface area contributed by atoms with Gasteiger partial charge in [0.1, 0.15) is 12.3 Å². The van der Waals surface area contributed by atoms with Gasteiger partial charge in [0, 0.05) is 23.1 Å². The highest BCUT2D eigenvalue weighted by Gasteiger charge is 2.10. The molecule has 0 aliphatic carbocycles. The Kier molecular flexibility index (Phi) is 5.39. The van der Waals surface area contributed by atoms with Crippen LogP contribution < -0.4 is 10.1 Å². The first-order valence-electron chi connectivity index (χ1n) is 8.62. The number of rotatable bonds is 7. The molecule has 3 aromatic rings. The molecule has 1 N–H and O–H groups in total. The Balaban J connectivity index is 1.55. The number of ether oxygens (including phenoxy) is 1. The van der Waals surface area contributed by atoms with Crippen LogP contribution in [0.5, 0.6) is 5.75 Å². The lowest BCUT2D eigenvalue weighted by molar-refractivity contribution is -0.122. The Bertz CT molecular complexity index is 839. The summed E-state index contributed by atoms with van der Waals surface area (Å²) in [6.07, 6.45) is 3.84. The number of aromatic nitrogens is 1. The lowest BCUT2D eigenvalue weighted by Gasteiger charge is -2.14. The van der Waals surface area contributed by atoms with Crippen molar-refractivity contribution in [3.05, 3.63) is 66.4 Å². The van der Waals surface area contributed by atoms with Crippen LogP contribution >= 0.6 is 0 Å². The van der Waals surface area contributed by atoms with E-state index in [1.807, 2.05) is 53.2 Å². The first kappa shape index (κ1) is 17.1. The van der Waals surface area contributed by atoms with Crippen LogP contribution in [-0.4, -0.2) is 23.6 Å². The second-order valence-corrected chi connectivity index (χ2v) is 6.36. The zero-order valence-corrected chi connectivity index (χ0v) is 14.7. The van der Waals surface area contributed by atoms with Crippen molar-refractivity contribution in [2.75, 3.05) is 7.11 Å². The molecule has 0 spiro atoms. The summed E-state index contributed by atoms with van der Waals surface area (Å²) in [6.45, 7) is 2.38. The molecule has 0 saturated heterocycles. The van der Waals surface area contributed by atoms with E-state index in [0.29, 0.717) is 6.54 Å². The molecule has 25 heavy (non-hydrogen) atoms. The maximum absolute atomic E-state index is 12.3. The van der Waals surface area contributed by atoms with Crippen LogP contribution in [0.25, 0.3) is 10.9 Å². The van der Waals surface area contributed by atoms with Gasteiger partial charge in [0.15, 0.2) is 0 Å². The minimum Gasteiger partial charge on any atom is -0.497 e. The number of amides is 1. The number of aryl methyl sites for hydroxylation is 1. The first-order chi connectivity index (χ1) is 12.2.